The van der Waals surface area contributed by atoms with E-state index >= 15 is 0 Å². The number of nitrogens with zero attached hydrogens (tertiary/aromatic N) is 4. The van der Waals surface area contributed by atoms with Gasteiger partial charge in [-0.1, -0.05) is 31.9 Å². The van der Waals surface area contributed by atoms with Gasteiger partial charge in [-0.25, -0.2) is 4.68 Å². The molecule has 2 unspecified atom stereocenters. The molecule has 2 atom stereocenters. The molecule has 0 amide bonds. The lowest BCUT2D eigenvalue weighted by Gasteiger charge is -2.21. The summed E-state index contributed by atoms with van der Waals surface area (Å²) in [6.07, 6.45) is 5.21. The zero-order chi connectivity index (χ0) is 13.9. The average molecular weight is 271 g/mol. The molecule has 2 aromatic rings. The Morgan fingerprint density at radius 1 is 1.35 bits per heavy atom. The molecule has 0 aliphatic heterocycles. The summed E-state index contributed by atoms with van der Waals surface area (Å²) in [5, 5.41) is 15.3. The van der Waals surface area contributed by atoms with Gasteiger partial charge in [-0.2, -0.15) is 0 Å². The summed E-state index contributed by atoms with van der Waals surface area (Å²) in [6, 6.07) is 8.97. The van der Waals surface area contributed by atoms with Gasteiger partial charge in [-0.15, -0.1) is 5.10 Å². The van der Waals surface area contributed by atoms with Crippen LogP contribution in [0.2, 0.25) is 0 Å². The summed E-state index contributed by atoms with van der Waals surface area (Å²) in [6.45, 7) is 2.28. The van der Waals surface area contributed by atoms with Crippen LogP contribution in [-0.2, 0) is 7.05 Å². The number of hydrogen-bond donors (Lipinski definition) is 1. The molecule has 3 rings (SSSR count). The summed E-state index contributed by atoms with van der Waals surface area (Å²) < 4.78 is 1.70. The lowest BCUT2D eigenvalue weighted by molar-refractivity contribution is 0.489. The van der Waals surface area contributed by atoms with E-state index in [2.05, 4.69) is 46.0 Å². The second-order valence-corrected chi connectivity index (χ2v) is 5.56. The van der Waals surface area contributed by atoms with Crippen LogP contribution in [0.15, 0.2) is 24.3 Å². The molecule has 1 aromatic heterocycles. The molecule has 5 nitrogen and oxygen atoms in total. The Morgan fingerprint density at radius 3 is 3.00 bits per heavy atom. The fourth-order valence-corrected chi connectivity index (χ4v) is 3.15. The Morgan fingerprint density at radius 2 is 2.25 bits per heavy atom. The van der Waals surface area contributed by atoms with Crippen LogP contribution < -0.4 is 5.32 Å². The molecular formula is C15H21N5. The van der Waals surface area contributed by atoms with Crippen molar-refractivity contribution in [3.63, 3.8) is 0 Å². The first-order chi connectivity index (χ1) is 9.78. The molecule has 1 heterocycles. The number of rotatable bonds is 4. The number of anilines is 1. The zero-order valence-corrected chi connectivity index (χ0v) is 12.1. The molecule has 1 aliphatic rings. The lowest BCUT2D eigenvalue weighted by atomic mass is 10.0. The van der Waals surface area contributed by atoms with Gasteiger partial charge in [0.1, 0.15) is 0 Å². The molecule has 5 heteroatoms. The summed E-state index contributed by atoms with van der Waals surface area (Å²) in [5.74, 6) is 1.60. The molecule has 0 spiro atoms. The van der Waals surface area contributed by atoms with E-state index in [-0.39, 0.29) is 0 Å². The Bertz CT molecular complexity index is 577. The Labute approximate surface area is 119 Å². The SMILES string of the molecule is CCC1CCCC1Nc1cccc(-c2nnnn2C)c1. The quantitative estimate of drug-likeness (QED) is 0.929. The Hall–Kier alpha value is -1.91. The lowest BCUT2D eigenvalue weighted by Crippen LogP contribution is -2.23. The number of tetrazole rings is 1. The Balaban J connectivity index is 1.80. The molecule has 106 valence electrons. The second kappa shape index (κ2) is 5.61. The van der Waals surface area contributed by atoms with E-state index in [1.54, 1.807) is 4.68 Å². The highest BCUT2D eigenvalue weighted by molar-refractivity contribution is 5.62. The predicted molar refractivity (Wildman–Crippen MR) is 79.3 cm³/mol. The Kier molecular flexibility index (Phi) is 3.67. The molecule has 1 saturated carbocycles. The van der Waals surface area contributed by atoms with Gasteiger partial charge >= 0.3 is 0 Å². The maximum Gasteiger partial charge on any atom is 0.181 e. The van der Waals surface area contributed by atoms with Crippen molar-refractivity contribution in [3.8, 4) is 11.4 Å². The van der Waals surface area contributed by atoms with E-state index in [1.807, 2.05) is 13.1 Å². The number of aromatic nitrogens is 4. The first-order valence-electron chi connectivity index (χ1n) is 7.37. The fourth-order valence-electron chi connectivity index (χ4n) is 3.15. The van der Waals surface area contributed by atoms with Gasteiger partial charge in [0.2, 0.25) is 0 Å². The minimum atomic E-state index is 0.605. The smallest absolute Gasteiger partial charge is 0.181 e. The monoisotopic (exact) mass is 271 g/mol. The number of benzene rings is 1. The minimum absolute atomic E-state index is 0.605. The molecule has 0 bridgehead atoms. The first kappa shape index (κ1) is 13.1. The van der Waals surface area contributed by atoms with Crippen LogP contribution in [-0.4, -0.2) is 26.2 Å². The highest BCUT2D eigenvalue weighted by Gasteiger charge is 2.25. The van der Waals surface area contributed by atoms with Crippen LogP contribution in [0.3, 0.4) is 0 Å². The van der Waals surface area contributed by atoms with Gasteiger partial charge in [0.25, 0.3) is 0 Å². The molecule has 1 aliphatic carbocycles. The summed E-state index contributed by atoms with van der Waals surface area (Å²) in [7, 11) is 1.86. The van der Waals surface area contributed by atoms with Crippen molar-refractivity contribution < 1.29 is 0 Å². The minimum Gasteiger partial charge on any atom is -0.382 e. The van der Waals surface area contributed by atoms with E-state index in [0.717, 1.165) is 23.0 Å². The standard InChI is InChI=1S/C15H21N5/c1-3-11-6-5-9-14(11)16-13-8-4-7-12(10-13)15-17-18-19-20(15)2/h4,7-8,10-11,14,16H,3,5-6,9H2,1-2H3. The highest BCUT2D eigenvalue weighted by Crippen LogP contribution is 2.31. The highest BCUT2D eigenvalue weighted by atomic mass is 15.5. The van der Waals surface area contributed by atoms with Crippen molar-refractivity contribution in [2.45, 2.75) is 38.6 Å². The number of nitrogens with one attached hydrogen (secondary N) is 1. The van der Waals surface area contributed by atoms with Gasteiger partial charge in [0, 0.05) is 24.3 Å². The van der Waals surface area contributed by atoms with Crippen LogP contribution in [0.1, 0.15) is 32.6 Å². The topological polar surface area (TPSA) is 55.6 Å². The molecule has 1 aromatic carbocycles. The van der Waals surface area contributed by atoms with Crippen LogP contribution >= 0.6 is 0 Å². The van der Waals surface area contributed by atoms with E-state index in [4.69, 9.17) is 0 Å². The van der Waals surface area contributed by atoms with Crippen molar-refractivity contribution in [3.05, 3.63) is 24.3 Å². The van der Waals surface area contributed by atoms with Crippen LogP contribution in [0.5, 0.6) is 0 Å². The zero-order valence-electron chi connectivity index (χ0n) is 12.1. The third kappa shape index (κ3) is 2.53. The normalized spacial score (nSPS) is 22.1. The first-order valence-corrected chi connectivity index (χ1v) is 7.37. The number of aryl methyl sites for hydroxylation is 1. The maximum atomic E-state index is 4.06. The van der Waals surface area contributed by atoms with E-state index < -0.39 is 0 Å². The molecule has 0 radical (unpaired) electrons. The largest absolute Gasteiger partial charge is 0.382 e. The summed E-state index contributed by atoms with van der Waals surface area (Å²) >= 11 is 0. The van der Waals surface area contributed by atoms with Crippen LogP contribution in [0, 0.1) is 5.92 Å². The van der Waals surface area contributed by atoms with Crippen molar-refractivity contribution in [2.24, 2.45) is 13.0 Å². The third-order valence-corrected chi connectivity index (χ3v) is 4.28. The van der Waals surface area contributed by atoms with Crippen LogP contribution in [0.4, 0.5) is 5.69 Å². The van der Waals surface area contributed by atoms with Crippen LogP contribution in [0.25, 0.3) is 11.4 Å². The van der Waals surface area contributed by atoms with Crippen molar-refractivity contribution in [1.82, 2.24) is 20.2 Å². The third-order valence-electron chi connectivity index (χ3n) is 4.28. The predicted octanol–water partition coefficient (Wildman–Crippen LogP) is 2.87. The van der Waals surface area contributed by atoms with E-state index in [9.17, 15) is 0 Å². The maximum absolute atomic E-state index is 4.06. The molecule has 1 fully saturated rings. The molecular weight excluding hydrogens is 250 g/mol. The average Bonchev–Trinajstić information content (AvgIpc) is 3.08. The molecule has 0 saturated heterocycles. The van der Waals surface area contributed by atoms with E-state index in [1.165, 1.54) is 25.7 Å². The summed E-state index contributed by atoms with van der Waals surface area (Å²) in [4.78, 5) is 0. The van der Waals surface area contributed by atoms with Crippen molar-refractivity contribution >= 4 is 5.69 Å². The van der Waals surface area contributed by atoms with Gasteiger partial charge in [-0.3, -0.25) is 0 Å². The van der Waals surface area contributed by atoms with Gasteiger partial charge in [-0.05, 0) is 41.3 Å². The van der Waals surface area contributed by atoms with Crippen molar-refractivity contribution in [2.75, 3.05) is 5.32 Å². The van der Waals surface area contributed by atoms with E-state index in [0.29, 0.717) is 6.04 Å². The van der Waals surface area contributed by atoms with Crippen molar-refractivity contribution in [1.29, 1.82) is 0 Å². The fraction of sp³-hybridized carbons (Fsp3) is 0.533. The van der Waals surface area contributed by atoms with Gasteiger partial charge < -0.3 is 5.32 Å². The van der Waals surface area contributed by atoms with Gasteiger partial charge in [0.15, 0.2) is 5.82 Å². The molecule has 20 heavy (non-hydrogen) atoms. The summed E-state index contributed by atoms with van der Waals surface area (Å²) in [5.41, 5.74) is 2.21. The van der Waals surface area contributed by atoms with Gasteiger partial charge in [0.05, 0.1) is 0 Å². The second-order valence-electron chi connectivity index (χ2n) is 5.56. The molecule has 1 N–H and O–H groups in total. The number of hydrogen-bond acceptors (Lipinski definition) is 4.